The second-order valence-corrected chi connectivity index (χ2v) is 15.1. The van der Waals surface area contributed by atoms with Crippen LogP contribution < -0.4 is 0 Å². The van der Waals surface area contributed by atoms with Crippen LogP contribution >= 0.6 is 0 Å². The number of aryl methyl sites for hydroxylation is 2. The number of ether oxygens (including phenoxy) is 2. The largest absolute Gasteiger partial charge is 0.458 e. The molecule has 2 aliphatic carbocycles. The van der Waals surface area contributed by atoms with Crippen molar-refractivity contribution < 1.29 is 19.1 Å². The van der Waals surface area contributed by atoms with Gasteiger partial charge < -0.3 is 9.47 Å². The molecule has 0 saturated heterocycles. The van der Waals surface area contributed by atoms with Crippen LogP contribution in [0.15, 0.2) is 48.5 Å². The molecule has 1 unspecified atom stereocenters. The van der Waals surface area contributed by atoms with Crippen molar-refractivity contribution in [1.82, 2.24) is 0 Å². The second-order valence-electron chi connectivity index (χ2n) is 15.1. The van der Waals surface area contributed by atoms with Crippen molar-refractivity contribution in [3.05, 3.63) is 70.8 Å². The van der Waals surface area contributed by atoms with E-state index in [4.69, 9.17) is 9.47 Å². The molecule has 0 aromatic heterocycles. The Labute approximate surface area is 286 Å². The molecule has 2 fully saturated rings. The van der Waals surface area contributed by atoms with Crippen molar-refractivity contribution in [3.63, 3.8) is 0 Å². The summed E-state index contributed by atoms with van der Waals surface area (Å²) in [5, 5.41) is 0. The Hall–Kier alpha value is -2.62. The molecule has 4 heteroatoms. The van der Waals surface area contributed by atoms with Crippen molar-refractivity contribution in [1.29, 1.82) is 0 Å². The smallest absolute Gasteiger partial charge is 0.338 e. The third kappa shape index (κ3) is 13.4. The average molecular weight is 645 g/mol. The van der Waals surface area contributed by atoms with Crippen LogP contribution in [0, 0.1) is 23.7 Å². The van der Waals surface area contributed by atoms with E-state index in [9.17, 15) is 9.59 Å². The fraction of sp³-hybridized carbons (Fsp3) is 0.674. The van der Waals surface area contributed by atoms with Crippen LogP contribution in [0.1, 0.15) is 168 Å². The lowest BCUT2D eigenvalue weighted by Crippen LogP contribution is -2.22. The van der Waals surface area contributed by atoms with Crippen LogP contribution in [0.2, 0.25) is 0 Å². The van der Waals surface area contributed by atoms with Gasteiger partial charge in [-0.2, -0.15) is 0 Å². The lowest BCUT2D eigenvalue weighted by atomic mass is 9.78. The van der Waals surface area contributed by atoms with Gasteiger partial charge in [-0.3, -0.25) is 0 Å². The van der Waals surface area contributed by atoms with Crippen LogP contribution in [-0.4, -0.2) is 24.6 Å². The van der Waals surface area contributed by atoms with Crippen molar-refractivity contribution in [3.8, 4) is 0 Å². The number of rotatable bonds is 19. The van der Waals surface area contributed by atoms with E-state index in [0.717, 1.165) is 36.5 Å². The maximum atomic E-state index is 12.7. The minimum Gasteiger partial charge on any atom is -0.458 e. The molecule has 1 atom stereocenters. The van der Waals surface area contributed by atoms with E-state index in [0.29, 0.717) is 11.1 Å². The summed E-state index contributed by atoms with van der Waals surface area (Å²) >= 11 is 0. The van der Waals surface area contributed by atoms with Crippen LogP contribution in [-0.2, 0) is 22.3 Å². The molecule has 47 heavy (non-hydrogen) atoms. The summed E-state index contributed by atoms with van der Waals surface area (Å²) < 4.78 is 11.0. The van der Waals surface area contributed by atoms with Gasteiger partial charge in [-0.15, -0.1) is 0 Å². The average Bonchev–Trinajstić information content (AvgIpc) is 3.09. The Morgan fingerprint density at radius 2 is 0.957 bits per heavy atom. The minimum absolute atomic E-state index is 0.0328. The predicted molar refractivity (Wildman–Crippen MR) is 194 cm³/mol. The number of carbonyl (C=O) groups excluding carboxylic acids is 2. The topological polar surface area (TPSA) is 52.6 Å². The van der Waals surface area contributed by atoms with Crippen LogP contribution in [0.3, 0.4) is 0 Å². The van der Waals surface area contributed by atoms with Gasteiger partial charge in [-0.25, -0.2) is 9.59 Å². The summed E-state index contributed by atoms with van der Waals surface area (Å²) in [5.41, 5.74) is 3.60. The SMILES string of the molecule is CCCC1CCC(CCCCc2ccc(C(=O)OCC(C)OC(=O)c3ccc(CCCCC4CCC(CCC)CC4)cc3)cc2)CC1. The van der Waals surface area contributed by atoms with E-state index in [1.165, 1.54) is 127 Å². The Morgan fingerprint density at radius 3 is 1.36 bits per heavy atom. The summed E-state index contributed by atoms with van der Waals surface area (Å²) in [6.07, 6.45) is 26.2. The Bertz CT molecular complexity index is 1150. The normalized spacial score (nSPS) is 22.0. The molecule has 2 saturated carbocycles. The number of carbonyl (C=O) groups is 2. The first kappa shape index (κ1) is 37.2. The minimum atomic E-state index is -0.524. The first-order valence-electron chi connectivity index (χ1n) is 19.5. The van der Waals surface area contributed by atoms with E-state index in [1.54, 1.807) is 6.92 Å². The molecule has 4 nitrogen and oxygen atoms in total. The molecule has 2 aliphatic rings. The third-order valence-electron chi connectivity index (χ3n) is 11.1. The van der Waals surface area contributed by atoms with Crippen LogP contribution in [0.4, 0.5) is 0 Å². The van der Waals surface area contributed by atoms with Gasteiger partial charge >= 0.3 is 11.9 Å². The van der Waals surface area contributed by atoms with Gasteiger partial charge in [0.15, 0.2) is 0 Å². The molecule has 0 heterocycles. The highest BCUT2D eigenvalue weighted by atomic mass is 16.6. The fourth-order valence-corrected chi connectivity index (χ4v) is 8.13. The second kappa shape index (κ2) is 20.7. The molecule has 2 aromatic rings. The molecule has 4 rings (SSSR count). The quantitative estimate of drug-likeness (QED) is 0.113. The monoisotopic (exact) mass is 644 g/mol. The zero-order chi connectivity index (χ0) is 33.3. The molecular formula is C43H64O4. The zero-order valence-corrected chi connectivity index (χ0v) is 30.0. The first-order valence-corrected chi connectivity index (χ1v) is 19.5. The summed E-state index contributed by atoms with van der Waals surface area (Å²) in [5.74, 6) is 3.06. The third-order valence-corrected chi connectivity index (χ3v) is 11.1. The number of hydrogen-bond acceptors (Lipinski definition) is 4. The van der Waals surface area contributed by atoms with Gasteiger partial charge in [-0.1, -0.05) is 141 Å². The molecule has 0 radical (unpaired) electrons. The van der Waals surface area contributed by atoms with Gasteiger partial charge in [0.05, 0.1) is 11.1 Å². The maximum absolute atomic E-state index is 12.7. The predicted octanol–water partition coefficient (Wildman–Crippen LogP) is 11.7. The molecule has 0 N–H and O–H groups in total. The first-order chi connectivity index (χ1) is 22.9. The number of benzene rings is 2. The van der Waals surface area contributed by atoms with E-state index in [1.807, 2.05) is 48.5 Å². The van der Waals surface area contributed by atoms with E-state index < -0.39 is 6.10 Å². The van der Waals surface area contributed by atoms with E-state index in [2.05, 4.69) is 13.8 Å². The van der Waals surface area contributed by atoms with Crippen LogP contribution in [0.5, 0.6) is 0 Å². The Morgan fingerprint density at radius 1 is 0.574 bits per heavy atom. The van der Waals surface area contributed by atoms with Crippen LogP contribution in [0.25, 0.3) is 0 Å². The molecule has 0 spiro atoms. The molecular weight excluding hydrogens is 580 g/mol. The highest BCUT2D eigenvalue weighted by Crippen LogP contribution is 2.35. The highest BCUT2D eigenvalue weighted by Gasteiger charge is 2.21. The highest BCUT2D eigenvalue weighted by molar-refractivity contribution is 5.90. The summed E-state index contributed by atoms with van der Waals surface area (Å²) in [7, 11) is 0. The van der Waals surface area contributed by atoms with Crippen molar-refractivity contribution >= 4 is 11.9 Å². The van der Waals surface area contributed by atoms with Gasteiger partial charge in [0, 0.05) is 0 Å². The maximum Gasteiger partial charge on any atom is 0.338 e. The molecule has 0 aliphatic heterocycles. The molecule has 2 aromatic carbocycles. The van der Waals surface area contributed by atoms with Crippen molar-refractivity contribution in [2.24, 2.45) is 23.7 Å². The zero-order valence-electron chi connectivity index (χ0n) is 30.0. The molecule has 260 valence electrons. The standard InChI is InChI=1S/C43H64O4/c1-4-10-34-16-20-36(21-17-34)12-6-8-14-38-24-28-40(29-25-38)42(44)46-32-33(3)47-43(45)41-30-26-39(27-31-41)15-9-7-13-37-22-18-35(11-5-2)19-23-37/h24-31,33-37H,4-23,32H2,1-3H3. The van der Waals surface area contributed by atoms with Gasteiger partial charge in [0.25, 0.3) is 0 Å². The molecule has 0 amide bonds. The summed E-state index contributed by atoms with van der Waals surface area (Å²) in [6, 6.07) is 15.6. The number of unbranched alkanes of at least 4 members (excludes halogenated alkanes) is 2. The van der Waals surface area contributed by atoms with Gasteiger partial charge in [0.2, 0.25) is 0 Å². The van der Waals surface area contributed by atoms with Crippen molar-refractivity contribution in [2.45, 2.75) is 155 Å². The number of hydrogen-bond donors (Lipinski definition) is 0. The Balaban J connectivity index is 1.06. The van der Waals surface area contributed by atoms with Crippen molar-refractivity contribution in [2.75, 3.05) is 6.61 Å². The lowest BCUT2D eigenvalue weighted by molar-refractivity contribution is 0.00448. The summed E-state index contributed by atoms with van der Waals surface area (Å²) in [4.78, 5) is 25.3. The van der Waals surface area contributed by atoms with Gasteiger partial charge in [-0.05, 0) is 91.7 Å². The number of esters is 2. The van der Waals surface area contributed by atoms with Gasteiger partial charge in [0.1, 0.15) is 12.7 Å². The van der Waals surface area contributed by atoms with E-state index >= 15 is 0 Å². The fourth-order valence-electron chi connectivity index (χ4n) is 8.13. The molecule has 0 bridgehead atoms. The summed E-state index contributed by atoms with van der Waals surface area (Å²) in [6.45, 7) is 6.41. The Kier molecular flexibility index (Phi) is 16.4. The van der Waals surface area contributed by atoms with E-state index in [-0.39, 0.29) is 18.5 Å². The lowest BCUT2D eigenvalue weighted by Gasteiger charge is -2.28.